The standard InChI is InChI=1S/C15H17N5/c1-11(10-20-9-3-7-18-20)19-14-6-8-17-15-12(14)4-2-5-13(15)16/h2-9,11H,10,16H2,1H3,(H,17,19). The lowest BCUT2D eigenvalue weighted by Gasteiger charge is -2.17. The van der Waals surface area contributed by atoms with Crippen molar-refractivity contribution < 1.29 is 0 Å². The van der Waals surface area contributed by atoms with Crippen molar-refractivity contribution >= 4 is 22.3 Å². The molecule has 0 saturated heterocycles. The van der Waals surface area contributed by atoms with Crippen LogP contribution in [0.5, 0.6) is 0 Å². The van der Waals surface area contributed by atoms with Crippen molar-refractivity contribution in [1.29, 1.82) is 0 Å². The van der Waals surface area contributed by atoms with Crippen molar-refractivity contribution in [3.63, 3.8) is 0 Å². The average Bonchev–Trinajstić information content (AvgIpc) is 2.93. The molecule has 0 aliphatic heterocycles. The predicted molar refractivity (Wildman–Crippen MR) is 81.5 cm³/mol. The molecular formula is C15H17N5. The van der Waals surface area contributed by atoms with Crippen LogP contribution in [0.15, 0.2) is 48.9 Å². The highest BCUT2D eigenvalue weighted by molar-refractivity contribution is 5.97. The second kappa shape index (κ2) is 5.21. The van der Waals surface area contributed by atoms with Crippen LogP contribution >= 0.6 is 0 Å². The summed E-state index contributed by atoms with van der Waals surface area (Å²) in [6, 6.07) is 10.00. The van der Waals surface area contributed by atoms with Crippen LogP contribution in [0.1, 0.15) is 6.92 Å². The second-order valence-electron chi connectivity index (χ2n) is 4.88. The van der Waals surface area contributed by atoms with E-state index < -0.39 is 0 Å². The summed E-state index contributed by atoms with van der Waals surface area (Å²) in [4.78, 5) is 4.34. The molecule has 2 aromatic heterocycles. The lowest BCUT2D eigenvalue weighted by Crippen LogP contribution is -2.22. The van der Waals surface area contributed by atoms with Gasteiger partial charge in [-0.05, 0) is 25.1 Å². The van der Waals surface area contributed by atoms with Crippen LogP contribution in [0.2, 0.25) is 0 Å². The number of nitrogens with two attached hydrogens (primary N) is 1. The smallest absolute Gasteiger partial charge is 0.0951 e. The topological polar surface area (TPSA) is 68.8 Å². The van der Waals surface area contributed by atoms with Gasteiger partial charge >= 0.3 is 0 Å². The zero-order chi connectivity index (χ0) is 13.9. The van der Waals surface area contributed by atoms with Crippen LogP contribution in [0.4, 0.5) is 11.4 Å². The summed E-state index contributed by atoms with van der Waals surface area (Å²) in [7, 11) is 0. The van der Waals surface area contributed by atoms with Crippen LogP contribution in [0.25, 0.3) is 10.9 Å². The summed E-state index contributed by atoms with van der Waals surface area (Å²) in [5.74, 6) is 0. The normalized spacial score (nSPS) is 12.4. The average molecular weight is 267 g/mol. The molecule has 0 aliphatic rings. The highest BCUT2D eigenvalue weighted by Gasteiger charge is 2.08. The molecule has 20 heavy (non-hydrogen) atoms. The van der Waals surface area contributed by atoms with Crippen LogP contribution in [-0.2, 0) is 6.54 Å². The Labute approximate surface area is 117 Å². The van der Waals surface area contributed by atoms with Gasteiger partial charge in [-0.25, -0.2) is 0 Å². The molecule has 0 saturated carbocycles. The summed E-state index contributed by atoms with van der Waals surface area (Å²) in [5, 5.41) is 8.75. The molecule has 1 aromatic carbocycles. The molecule has 5 heteroatoms. The van der Waals surface area contributed by atoms with Crippen molar-refractivity contribution in [2.24, 2.45) is 0 Å². The molecule has 1 unspecified atom stereocenters. The maximum absolute atomic E-state index is 5.96. The Morgan fingerprint density at radius 3 is 2.95 bits per heavy atom. The molecule has 2 heterocycles. The Hall–Kier alpha value is -2.56. The first-order valence-corrected chi connectivity index (χ1v) is 6.61. The van der Waals surface area contributed by atoms with Crippen LogP contribution in [-0.4, -0.2) is 20.8 Å². The molecule has 3 N–H and O–H groups in total. The Balaban J connectivity index is 1.85. The number of anilines is 2. The van der Waals surface area contributed by atoms with Gasteiger partial charge in [0.1, 0.15) is 0 Å². The van der Waals surface area contributed by atoms with Gasteiger partial charge in [-0.15, -0.1) is 0 Å². The minimum Gasteiger partial charge on any atom is -0.397 e. The van der Waals surface area contributed by atoms with E-state index in [0.717, 1.165) is 23.1 Å². The molecule has 0 amide bonds. The van der Waals surface area contributed by atoms with Gasteiger partial charge in [0, 0.05) is 35.7 Å². The number of nitrogen functional groups attached to an aromatic ring is 1. The van der Waals surface area contributed by atoms with Gasteiger partial charge in [0.2, 0.25) is 0 Å². The van der Waals surface area contributed by atoms with E-state index in [4.69, 9.17) is 5.73 Å². The number of hydrogen-bond donors (Lipinski definition) is 2. The Bertz CT molecular complexity index is 705. The van der Waals surface area contributed by atoms with Gasteiger partial charge in [-0.2, -0.15) is 5.10 Å². The van der Waals surface area contributed by atoms with Crippen LogP contribution < -0.4 is 11.1 Å². The van der Waals surface area contributed by atoms with E-state index in [9.17, 15) is 0 Å². The number of nitrogens with one attached hydrogen (secondary N) is 1. The van der Waals surface area contributed by atoms with E-state index in [1.807, 2.05) is 41.2 Å². The van der Waals surface area contributed by atoms with Crippen molar-refractivity contribution in [3.8, 4) is 0 Å². The largest absolute Gasteiger partial charge is 0.397 e. The lowest BCUT2D eigenvalue weighted by atomic mass is 10.1. The maximum Gasteiger partial charge on any atom is 0.0951 e. The monoisotopic (exact) mass is 267 g/mol. The number of rotatable bonds is 4. The summed E-state index contributed by atoms with van der Waals surface area (Å²) < 4.78 is 1.91. The first-order chi connectivity index (χ1) is 9.74. The van der Waals surface area contributed by atoms with Gasteiger partial charge in [-0.3, -0.25) is 9.67 Å². The highest BCUT2D eigenvalue weighted by Crippen LogP contribution is 2.25. The summed E-state index contributed by atoms with van der Waals surface area (Å²) in [6.07, 6.45) is 5.53. The number of aromatic nitrogens is 3. The third-order valence-electron chi connectivity index (χ3n) is 3.22. The third kappa shape index (κ3) is 2.42. The highest BCUT2D eigenvalue weighted by atomic mass is 15.3. The minimum absolute atomic E-state index is 0.252. The molecule has 0 radical (unpaired) electrons. The summed E-state index contributed by atoms with van der Waals surface area (Å²) in [5.41, 5.74) is 8.54. The van der Waals surface area contributed by atoms with E-state index >= 15 is 0 Å². The molecule has 3 rings (SSSR count). The van der Waals surface area contributed by atoms with Gasteiger partial charge in [0.15, 0.2) is 0 Å². The second-order valence-corrected chi connectivity index (χ2v) is 4.88. The maximum atomic E-state index is 5.96. The van der Waals surface area contributed by atoms with Crippen LogP contribution in [0.3, 0.4) is 0 Å². The van der Waals surface area contributed by atoms with Gasteiger partial charge < -0.3 is 11.1 Å². The minimum atomic E-state index is 0.252. The number of benzene rings is 1. The van der Waals surface area contributed by atoms with Gasteiger partial charge in [0.25, 0.3) is 0 Å². The number of pyridine rings is 1. The molecule has 102 valence electrons. The SMILES string of the molecule is CC(Cn1cccn1)Nc1ccnc2c(N)cccc12. The Morgan fingerprint density at radius 1 is 1.25 bits per heavy atom. The Kier molecular flexibility index (Phi) is 3.25. The first-order valence-electron chi connectivity index (χ1n) is 6.61. The fourth-order valence-electron chi connectivity index (χ4n) is 2.32. The van der Waals surface area contributed by atoms with E-state index in [2.05, 4.69) is 22.3 Å². The van der Waals surface area contributed by atoms with E-state index in [1.54, 1.807) is 12.4 Å². The van der Waals surface area contributed by atoms with Crippen LogP contribution in [0, 0.1) is 0 Å². The number of nitrogens with zero attached hydrogens (tertiary/aromatic N) is 3. The zero-order valence-electron chi connectivity index (χ0n) is 11.3. The lowest BCUT2D eigenvalue weighted by molar-refractivity contribution is 0.561. The molecule has 3 aromatic rings. The number of para-hydroxylation sites is 1. The predicted octanol–water partition coefficient (Wildman–Crippen LogP) is 2.51. The molecule has 0 spiro atoms. The fourth-order valence-corrected chi connectivity index (χ4v) is 2.32. The Morgan fingerprint density at radius 2 is 2.15 bits per heavy atom. The quantitative estimate of drug-likeness (QED) is 0.713. The first kappa shape index (κ1) is 12.5. The third-order valence-corrected chi connectivity index (χ3v) is 3.22. The summed E-state index contributed by atoms with van der Waals surface area (Å²) >= 11 is 0. The van der Waals surface area contributed by atoms with Crippen molar-refractivity contribution in [3.05, 3.63) is 48.9 Å². The fraction of sp³-hybridized carbons (Fsp3) is 0.200. The van der Waals surface area contributed by atoms with Crippen molar-refractivity contribution in [1.82, 2.24) is 14.8 Å². The molecule has 0 aliphatic carbocycles. The van der Waals surface area contributed by atoms with E-state index in [-0.39, 0.29) is 6.04 Å². The molecule has 0 bridgehead atoms. The van der Waals surface area contributed by atoms with Gasteiger partial charge in [-0.1, -0.05) is 12.1 Å². The number of fused-ring (bicyclic) bond motifs is 1. The van der Waals surface area contributed by atoms with Crippen molar-refractivity contribution in [2.45, 2.75) is 19.5 Å². The molecule has 1 atom stereocenters. The van der Waals surface area contributed by atoms with Crippen molar-refractivity contribution in [2.75, 3.05) is 11.1 Å². The molecule has 0 fully saturated rings. The zero-order valence-corrected chi connectivity index (χ0v) is 11.3. The molecule has 5 nitrogen and oxygen atoms in total. The summed E-state index contributed by atoms with van der Waals surface area (Å²) in [6.45, 7) is 2.93. The van der Waals surface area contributed by atoms with E-state index in [0.29, 0.717) is 5.69 Å². The van der Waals surface area contributed by atoms with Gasteiger partial charge in [0.05, 0.1) is 17.7 Å². The number of hydrogen-bond acceptors (Lipinski definition) is 4. The van der Waals surface area contributed by atoms with E-state index in [1.165, 1.54) is 0 Å². The molecular weight excluding hydrogens is 250 g/mol.